The fourth-order valence-corrected chi connectivity index (χ4v) is 3.63. The number of carbonyl (C=O) groups is 4. The average Bonchev–Trinajstić information content (AvgIpc) is 3.24. The molecule has 1 aliphatic rings. The first-order valence-corrected chi connectivity index (χ1v) is 11.3. The van der Waals surface area contributed by atoms with E-state index in [9.17, 15) is 19.2 Å². The van der Waals surface area contributed by atoms with Gasteiger partial charge in [-0.05, 0) is 55.5 Å². The molecular weight excluding hydrogens is 462 g/mol. The summed E-state index contributed by atoms with van der Waals surface area (Å²) in [6.07, 6.45) is -0.114. The number of benzene rings is 3. The molecule has 4 rings (SSSR count). The molecule has 2 N–H and O–H groups in total. The van der Waals surface area contributed by atoms with Crippen molar-refractivity contribution < 1.29 is 28.7 Å². The van der Waals surface area contributed by atoms with Gasteiger partial charge in [-0.15, -0.1) is 0 Å². The Kier molecular flexibility index (Phi) is 7.60. The summed E-state index contributed by atoms with van der Waals surface area (Å²) in [5.74, 6) is -1.53. The number of hydrogen-bond donors (Lipinski definition) is 2. The third-order valence-electron chi connectivity index (χ3n) is 5.44. The number of amides is 3. The molecule has 0 unspecified atom stereocenters. The number of aryl methyl sites for hydroxylation is 1. The number of hydrazine groups is 1. The Balaban J connectivity index is 1.22. The molecule has 1 fully saturated rings. The van der Waals surface area contributed by atoms with E-state index in [1.165, 1.54) is 0 Å². The first-order valence-electron chi connectivity index (χ1n) is 11.3. The first-order chi connectivity index (χ1) is 17.4. The van der Waals surface area contributed by atoms with Crippen LogP contribution in [0.2, 0.25) is 0 Å². The summed E-state index contributed by atoms with van der Waals surface area (Å²) in [5, 5.41) is 3.75. The van der Waals surface area contributed by atoms with Crippen LogP contribution in [0, 0.1) is 12.8 Å². The zero-order valence-electron chi connectivity index (χ0n) is 19.6. The van der Waals surface area contributed by atoms with Crippen LogP contribution in [0.1, 0.15) is 22.3 Å². The maximum absolute atomic E-state index is 12.4. The quantitative estimate of drug-likeness (QED) is 0.471. The van der Waals surface area contributed by atoms with Crippen LogP contribution in [0.25, 0.3) is 0 Å². The van der Waals surface area contributed by atoms with Crippen molar-refractivity contribution in [2.24, 2.45) is 5.92 Å². The van der Waals surface area contributed by atoms with E-state index < -0.39 is 36.2 Å². The van der Waals surface area contributed by atoms with Gasteiger partial charge in [0.05, 0.1) is 12.5 Å². The minimum absolute atomic E-state index is 0.0281. The molecule has 0 bridgehead atoms. The van der Waals surface area contributed by atoms with Crippen LogP contribution < -0.4 is 15.5 Å². The van der Waals surface area contributed by atoms with Gasteiger partial charge in [-0.1, -0.05) is 35.9 Å². The van der Waals surface area contributed by atoms with Crippen molar-refractivity contribution in [2.75, 3.05) is 18.5 Å². The molecular formula is C27H25N3O6. The van der Waals surface area contributed by atoms with Gasteiger partial charge in [-0.2, -0.15) is 0 Å². The van der Waals surface area contributed by atoms with Gasteiger partial charge in [-0.3, -0.25) is 29.6 Å². The second kappa shape index (κ2) is 11.2. The van der Waals surface area contributed by atoms with Crippen molar-refractivity contribution in [2.45, 2.75) is 13.3 Å². The summed E-state index contributed by atoms with van der Waals surface area (Å²) in [4.78, 5) is 49.3. The summed E-state index contributed by atoms with van der Waals surface area (Å²) in [7, 11) is 0. The van der Waals surface area contributed by atoms with E-state index in [2.05, 4.69) is 10.7 Å². The van der Waals surface area contributed by atoms with Gasteiger partial charge in [-0.25, -0.2) is 0 Å². The lowest BCUT2D eigenvalue weighted by atomic mass is 10.1. The standard InChI is InChI=1S/C27H25N3O6/c1-18-6-5-7-19(14-18)26(33)29-30-16-20(15-25(30)32)27(34)35-17-24(31)28-21-10-12-23(13-11-21)36-22-8-3-2-4-9-22/h2-14,20H,15-17H2,1H3,(H,28,31)(H,29,33)/t20-/m0/s1. The zero-order valence-corrected chi connectivity index (χ0v) is 19.6. The second-order valence-electron chi connectivity index (χ2n) is 8.31. The fourth-order valence-electron chi connectivity index (χ4n) is 3.63. The highest BCUT2D eigenvalue weighted by atomic mass is 16.5. The highest BCUT2D eigenvalue weighted by Crippen LogP contribution is 2.23. The molecule has 0 radical (unpaired) electrons. The fraction of sp³-hybridized carbons (Fsp3) is 0.185. The van der Waals surface area contributed by atoms with E-state index in [-0.39, 0.29) is 13.0 Å². The Morgan fingerprint density at radius 3 is 2.39 bits per heavy atom. The van der Waals surface area contributed by atoms with Crippen molar-refractivity contribution in [3.05, 3.63) is 90.0 Å². The maximum Gasteiger partial charge on any atom is 0.311 e. The molecule has 9 nitrogen and oxygen atoms in total. The van der Waals surface area contributed by atoms with Crippen molar-refractivity contribution in [3.8, 4) is 11.5 Å². The third kappa shape index (κ3) is 6.47. The van der Waals surface area contributed by atoms with Crippen LogP contribution in [-0.4, -0.2) is 41.9 Å². The van der Waals surface area contributed by atoms with Crippen molar-refractivity contribution >= 4 is 29.4 Å². The highest BCUT2D eigenvalue weighted by molar-refractivity contribution is 5.97. The molecule has 1 heterocycles. The predicted molar refractivity (Wildman–Crippen MR) is 131 cm³/mol. The van der Waals surface area contributed by atoms with Gasteiger partial charge < -0.3 is 14.8 Å². The monoisotopic (exact) mass is 487 g/mol. The number of anilines is 1. The van der Waals surface area contributed by atoms with Crippen molar-refractivity contribution in [3.63, 3.8) is 0 Å². The first kappa shape index (κ1) is 24.5. The second-order valence-corrected chi connectivity index (χ2v) is 8.31. The van der Waals surface area contributed by atoms with Crippen LogP contribution in [0.5, 0.6) is 11.5 Å². The number of para-hydroxylation sites is 1. The minimum atomic E-state index is -0.780. The lowest BCUT2D eigenvalue weighted by Crippen LogP contribution is -2.43. The van der Waals surface area contributed by atoms with E-state index in [0.29, 0.717) is 22.7 Å². The number of nitrogens with one attached hydrogen (secondary N) is 2. The van der Waals surface area contributed by atoms with Gasteiger partial charge in [0.2, 0.25) is 5.91 Å². The van der Waals surface area contributed by atoms with Gasteiger partial charge >= 0.3 is 5.97 Å². The van der Waals surface area contributed by atoms with E-state index in [1.54, 1.807) is 42.5 Å². The number of carbonyl (C=O) groups excluding carboxylic acids is 4. The summed E-state index contributed by atoms with van der Waals surface area (Å²) in [6.45, 7) is 1.33. The molecule has 1 atom stereocenters. The van der Waals surface area contributed by atoms with Crippen LogP contribution >= 0.6 is 0 Å². The van der Waals surface area contributed by atoms with E-state index >= 15 is 0 Å². The lowest BCUT2D eigenvalue weighted by Gasteiger charge is -2.17. The minimum Gasteiger partial charge on any atom is -0.457 e. The average molecular weight is 488 g/mol. The van der Waals surface area contributed by atoms with Crippen LogP contribution in [0.15, 0.2) is 78.9 Å². The van der Waals surface area contributed by atoms with Gasteiger partial charge in [0.25, 0.3) is 11.8 Å². The number of esters is 1. The molecule has 0 aliphatic carbocycles. The van der Waals surface area contributed by atoms with E-state index in [4.69, 9.17) is 9.47 Å². The molecule has 3 aromatic carbocycles. The van der Waals surface area contributed by atoms with Gasteiger partial charge in [0.1, 0.15) is 11.5 Å². The Hall–Kier alpha value is -4.66. The Labute approximate surface area is 208 Å². The number of hydrogen-bond acceptors (Lipinski definition) is 6. The number of ether oxygens (including phenoxy) is 2. The van der Waals surface area contributed by atoms with Crippen molar-refractivity contribution in [1.29, 1.82) is 0 Å². The largest absolute Gasteiger partial charge is 0.457 e. The van der Waals surface area contributed by atoms with Crippen LogP contribution in [-0.2, 0) is 19.1 Å². The van der Waals surface area contributed by atoms with Gasteiger partial charge in [0.15, 0.2) is 6.61 Å². The summed E-state index contributed by atoms with van der Waals surface area (Å²) < 4.78 is 10.8. The molecule has 0 spiro atoms. The highest BCUT2D eigenvalue weighted by Gasteiger charge is 2.36. The normalized spacial score (nSPS) is 14.8. The molecule has 1 aliphatic heterocycles. The smallest absolute Gasteiger partial charge is 0.311 e. The molecule has 36 heavy (non-hydrogen) atoms. The number of nitrogens with zero attached hydrogens (tertiary/aromatic N) is 1. The Morgan fingerprint density at radius 2 is 1.67 bits per heavy atom. The van der Waals surface area contributed by atoms with E-state index in [1.807, 2.05) is 43.3 Å². The van der Waals surface area contributed by atoms with Crippen LogP contribution in [0.4, 0.5) is 5.69 Å². The third-order valence-corrected chi connectivity index (χ3v) is 5.44. The molecule has 3 aromatic rings. The topological polar surface area (TPSA) is 114 Å². The Morgan fingerprint density at radius 1 is 0.944 bits per heavy atom. The SMILES string of the molecule is Cc1cccc(C(=O)NN2C[C@@H](C(=O)OCC(=O)Nc3ccc(Oc4ccccc4)cc3)CC2=O)c1. The molecule has 9 heteroatoms. The predicted octanol–water partition coefficient (Wildman–Crippen LogP) is 3.46. The summed E-state index contributed by atoms with van der Waals surface area (Å²) >= 11 is 0. The Bertz CT molecular complexity index is 1260. The number of rotatable bonds is 8. The lowest BCUT2D eigenvalue weighted by molar-refractivity contribution is -0.151. The van der Waals surface area contributed by atoms with Crippen molar-refractivity contribution in [1.82, 2.24) is 10.4 Å². The van der Waals surface area contributed by atoms with Gasteiger partial charge in [0, 0.05) is 17.7 Å². The molecule has 184 valence electrons. The van der Waals surface area contributed by atoms with Crippen LogP contribution in [0.3, 0.4) is 0 Å². The molecule has 3 amide bonds. The zero-order chi connectivity index (χ0) is 25.5. The maximum atomic E-state index is 12.4. The van der Waals surface area contributed by atoms with E-state index in [0.717, 1.165) is 10.6 Å². The summed E-state index contributed by atoms with van der Waals surface area (Å²) in [5.41, 5.74) is 4.35. The summed E-state index contributed by atoms with van der Waals surface area (Å²) in [6, 6.07) is 23.0. The molecule has 0 saturated carbocycles. The molecule has 0 aromatic heterocycles. The molecule has 1 saturated heterocycles.